The van der Waals surface area contributed by atoms with E-state index in [9.17, 15) is 0 Å². The third-order valence-corrected chi connectivity index (χ3v) is 1.93. The van der Waals surface area contributed by atoms with E-state index < -0.39 is 0 Å². The zero-order valence-corrected chi connectivity index (χ0v) is 6.91. The fourth-order valence-electron chi connectivity index (χ4n) is 0.701. The summed E-state index contributed by atoms with van der Waals surface area (Å²) in [5.41, 5.74) is 0. The number of thiol groups is 1. The number of nitrogens with zero attached hydrogens (tertiary/aromatic N) is 4. The molecule has 1 aromatic rings. The number of hydrogen-bond acceptors (Lipinski definition) is 4. The van der Waals surface area contributed by atoms with Crippen LogP contribution in [0.25, 0.3) is 0 Å². The van der Waals surface area contributed by atoms with Gasteiger partial charge in [0.05, 0.1) is 5.25 Å². The Labute approximate surface area is 65.0 Å². The lowest BCUT2D eigenvalue weighted by Gasteiger charge is -2.02. The lowest BCUT2D eigenvalue weighted by Crippen LogP contribution is -2.01. The zero-order chi connectivity index (χ0) is 7.56. The van der Waals surface area contributed by atoms with E-state index in [4.69, 9.17) is 0 Å². The molecule has 1 aromatic heterocycles. The summed E-state index contributed by atoms with van der Waals surface area (Å²) >= 11 is 4.29. The Hall–Kier alpha value is -0.580. The molecule has 0 radical (unpaired) electrons. The molecule has 0 saturated carbocycles. The molecule has 0 aliphatic carbocycles. The molecule has 1 atom stereocenters. The Kier molecular flexibility index (Phi) is 2.26. The summed E-state index contributed by atoms with van der Waals surface area (Å²) in [4.78, 5) is 0. The molecule has 0 amide bonds. The molecule has 4 nitrogen and oxygen atoms in total. The van der Waals surface area contributed by atoms with Gasteiger partial charge in [-0.15, -0.1) is 5.10 Å². The van der Waals surface area contributed by atoms with Gasteiger partial charge in [-0.3, -0.25) is 0 Å². The molecule has 0 aliphatic heterocycles. The predicted octanol–water partition coefficient (Wildman–Crippen LogP) is 0.591. The first-order valence-corrected chi connectivity index (χ1v) is 3.67. The van der Waals surface area contributed by atoms with Crippen molar-refractivity contribution in [3.8, 4) is 0 Å². The van der Waals surface area contributed by atoms with Crippen LogP contribution in [0.4, 0.5) is 0 Å². The minimum atomic E-state index is 0.153. The maximum Gasteiger partial charge on any atom is 0.163 e. The van der Waals surface area contributed by atoms with E-state index in [0.29, 0.717) is 0 Å². The highest BCUT2D eigenvalue weighted by molar-refractivity contribution is 7.80. The molecule has 1 unspecified atom stereocenters. The van der Waals surface area contributed by atoms with Gasteiger partial charge in [-0.2, -0.15) is 12.6 Å². The number of rotatable bonds is 2. The van der Waals surface area contributed by atoms with E-state index in [0.717, 1.165) is 12.2 Å². The Morgan fingerprint density at radius 2 is 2.40 bits per heavy atom. The van der Waals surface area contributed by atoms with Gasteiger partial charge in [0, 0.05) is 7.05 Å². The molecule has 0 saturated heterocycles. The second-order valence-electron chi connectivity index (χ2n) is 2.08. The van der Waals surface area contributed by atoms with Crippen molar-refractivity contribution in [1.82, 2.24) is 20.2 Å². The van der Waals surface area contributed by atoms with Crippen molar-refractivity contribution >= 4 is 12.6 Å². The van der Waals surface area contributed by atoms with E-state index in [2.05, 4.69) is 28.2 Å². The molecule has 10 heavy (non-hydrogen) atoms. The Bertz CT molecular complexity index is 209. The van der Waals surface area contributed by atoms with Gasteiger partial charge in [0.25, 0.3) is 0 Å². The molecule has 0 aromatic carbocycles. The molecule has 0 aliphatic rings. The van der Waals surface area contributed by atoms with Crippen LogP contribution in [-0.2, 0) is 7.05 Å². The summed E-state index contributed by atoms with van der Waals surface area (Å²) < 4.78 is 1.64. The van der Waals surface area contributed by atoms with Crippen LogP contribution >= 0.6 is 12.6 Å². The highest BCUT2D eigenvalue weighted by Gasteiger charge is 2.09. The maximum absolute atomic E-state index is 4.29. The molecule has 5 heteroatoms. The van der Waals surface area contributed by atoms with Crippen LogP contribution in [0.2, 0.25) is 0 Å². The van der Waals surface area contributed by atoms with Crippen molar-refractivity contribution in [2.75, 3.05) is 0 Å². The van der Waals surface area contributed by atoms with Crippen LogP contribution in [0.15, 0.2) is 0 Å². The van der Waals surface area contributed by atoms with Crippen LogP contribution in [-0.4, -0.2) is 20.2 Å². The zero-order valence-electron chi connectivity index (χ0n) is 6.02. The number of hydrogen-bond donors (Lipinski definition) is 1. The lowest BCUT2D eigenvalue weighted by atomic mass is 10.3. The fraction of sp³-hybridized carbons (Fsp3) is 0.800. The molecule has 0 bridgehead atoms. The summed E-state index contributed by atoms with van der Waals surface area (Å²) in [5, 5.41) is 11.2. The van der Waals surface area contributed by atoms with E-state index in [-0.39, 0.29) is 5.25 Å². The second-order valence-corrected chi connectivity index (χ2v) is 2.71. The molecule has 1 heterocycles. The van der Waals surface area contributed by atoms with Gasteiger partial charge in [-0.25, -0.2) is 4.68 Å². The van der Waals surface area contributed by atoms with Crippen molar-refractivity contribution in [3.05, 3.63) is 5.82 Å². The van der Waals surface area contributed by atoms with E-state index in [1.165, 1.54) is 0 Å². The summed E-state index contributed by atoms with van der Waals surface area (Å²) in [6.45, 7) is 2.05. The quantitative estimate of drug-likeness (QED) is 0.641. The van der Waals surface area contributed by atoms with Gasteiger partial charge in [0.1, 0.15) is 0 Å². The third-order valence-electron chi connectivity index (χ3n) is 1.34. The van der Waals surface area contributed by atoms with Crippen molar-refractivity contribution in [2.24, 2.45) is 7.05 Å². The minimum Gasteiger partial charge on any atom is -0.232 e. The number of tetrazole rings is 1. The van der Waals surface area contributed by atoms with Crippen molar-refractivity contribution in [2.45, 2.75) is 18.6 Å². The molecule has 56 valence electrons. The summed E-state index contributed by atoms with van der Waals surface area (Å²) in [5.74, 6) is 0.825. The first-order valence-electron chi connectivity index (χ1n) is 3.16. The number of aromatic nitrogens is 4. The van der Waals surface area contributed by atoms with Crippen LogP contribution in [0.3, 0.4) is 0 Å². The van der Waals surface area contributed by atoms with Crippen molar-refractivity contribution in [1.29, 1.82) is 0 Å². The summed E-state index contributed by atoms with van der Waals surface area (Å²) in [6, 6.07) is 0. The predicted molar refractivity (Wildman–Crippen MR) is 40.8 cm³/mol. The molecular weight excluding hydrogens is 148 g/mol. The molecular formula is C5H10N4S. The largest absolute Gasteiger partial charge is 0.232 e. The summed E-state index contributed by atoms with van der Waals surface area (Å²) in [7, 11) is 1.81. The van der Waals surface area contributed by atoms with Gasteiger partial charge in [0.2, 0.25) is 0 Å². The molecule has 1 rings (SSSR count). The molecule has 0 fully saturated rings. The Morgan fingerprint density at radius 3 is 2.80 bits per heavy atom. The van der Waals surface area contributed by atoms with Gasteiger partial charge in [-0.05, 0) is 16.8 Å². The lowest BCUT2D eigenvalue weighted by molar-refractivity contribution is 0.664. The van der Waals surface area contributed by atoms with Crippen LogP contribution in [0.5, 0.6) is 0 Å². The highest BCUT2D eigenvalue weighted by atomic mass is 32.1. The number of aryl methyl sites for hydroxylation is 1. The summed E-state index contributed by atoms with van der Waals surface area (Å²) in [6.07, 6.45) is 0.942. The van der Waals surface area contributed by atoms with E-state index >= 15 is 0 Å². The van der Waals surface area contributed by atoms with Gasteiger partial charge in [-0.1, -0.05) is 6.92 Å². The van der Waals surface area contributed by atoms with Gasteiger partial charge in [0.15, 0.2) is 5.82 Å². The van der Waals surface area contributed by atoms with Crippen molar-refractivity contribution < 1.29 is 0 Å². The molecule has 0 N–H and O–H groups in total. The SMILES string of the molecule is CCC(S)c1nnnn1C. The third kappa shape index (κ3) is 1.29. The topological polar surface area (TPSA) is 43.6 Å². The highest BCUT2D eigenvalue weighted by Crippen LogP contribution is 2.18. The van der Waals surface area contributed by atoms with Crippen LogP contribution < -0.4 is 0 Å². The van der Waals surface area contributed by atoms with E-state index in [1.54, 1.807) is 4.68 Å². The minimum absolute atomic E-state index is 0.153. The van der Waals surface area contributed by atoms with Gasteiger partial charge >= 0.3 is 0 Å². The molecule has 0 spiro atoms. The first-order chi connectivity index (χ1) is 4.75. The van der Waals surface area contributed by atoms with Gasteiger partial charge < -0.3 is 0 Å². The maximum atomic E-state index is 4.29. The Balaban J connectivity index is 2.82. The van der Waals surface area contributed by atoms with Crippen molar-refractivity contribution in [3.63, 3.8) is 0 Å². The standard InChI is InChI=1S/C5H10N4S/c1-3-4(10)5-6-7-8-9(5)2/h4,10H,3H2,1-2H3. The first kappa shape index (κ1) is 7.53. The smallest absolute Gasteiger partial charge is 0.163 e. The van der Waals surface area contributed by atoms with Crippen LogP contribution in [0.1, 0.15) is 24.4 Å². The Morgan fingerprint density at radius 1 is 1.70 bits per heavy atom. The van der Waals surface area contributed by atoms with Crippen LogP contribution in [0, 0.1) is 0 Å². The second kappa shape index (κ2) is 3.01. The van der Waals surface area contributed by atoms with E-state index in [1.807, 2.05) is 14.0 Å². The normalized spacial score (nSPS) is 13.5. The fourth-order valence-corrected chi connectivity index (χ4v) is 0.920. The monoisotopic (exact) mass is 158 g/mol. The average Bonchev–Trinajstić information content (AvgIpc) is 2.34. The average molecular weight is 158 g/mol.